The van der Waals surface area contributed by atoms with Crippen LogP contribution in [0.5, 0.6) is 0 Å². The molecule has 196 valence electrons. The lowest BCUT2D eigenvalue weighted by atomic mass is 9.27. The topological polar surface area (TPSA) is 68.3 Å². The number of benzene rings is 1. The second-order valence-corrected chi connectivity index (χ2v) is 12.8. The van der Waals surface area contributed by atoms with E-state index in [0.717, 1.165) is 16.7 Å². The highest BCUT2D eigenvalue weighted by molar-refractivity contribution is 6.42. The second-order valence-electron chi connectivity index (χ2n) is 12.8. The lowest BCUT2D eigenvalue weighted by Crippen LogP contribution is -2.83. The average Bonchev–Trinajstić information content (AvgIpc) is 2.82. The van der Waals surface area contributed by atoms with Crippen LogP contribution in [0.25, 0.3) is 0 Å². The van der Waals surface area contributed by atoms with Gasteiger partial charge in [0.25, 0.3) is 0 Å². The highest BCUT2D eigenvalue weighted by atomic mass is 16.2. The van der Waals surface area contributed by atoms with Crippen molar-refractivity contribution in [1.29, 1.82) is 0 Å². The van der Waals surface area contributed by atoms with Crippen molar-refractivity contribution in [3.05, 3.63) is 70.8 Å². The van der Waals surface area contributed by atoms with E-state index in [0.29, 0.717) is 12.0 Å². The molecule has 0 heterocycles. The van der Waals surface area contributed by atoms with Crippen molar-refractivity contribution in [3.8, 4) is 0 Å². The quantitative estimate of drug-likeness (QED) is 0.232. The number of hydrogen-bond acceptors (Lipinski definition) is 4. The number of carbonyl (C=O) groups is 4. The van der Waals surface area contributed by atoms with Gasteiger partial charge in [0.1, 0.15) is 0 Å². The SMILES string of the molecule is CC(C)=CCC12CC3C(C=C(C)C)C(C(=O)c4ccccc4)(C1=O)C(=O)C(CC=C(C)C)(C2=O)C3(C)C. The maximum absolute atomic E-state index is 15.0. The van der Waals surface area contributed by atoms with Crippen molar-refractivity contribution in [3.63, 3.8) is 0 Å². The zero-order valence-corrected chi connectivity index (χ0v) is 23.5. The standard InChI is InChI=1S/C33H40O4/c1-20(2)14-16-31-19-25-24(18-22(5)6)33(28(31)36,26(34)23-12-10-9-11-13-23)29(37)32(27(31)35,30(25,7)8)17-15-21(3)4/h9-15,18,24-25H,16-17,19H2,1-8H3. The number of Topliss-reactive ketones (excluding diaryl/α,β-unsaturated/α-hetero) is 4. The summed E-state index contributed by atoms with van der Waals surface area (Å²) in [6.45, 7) is 15.7. The molecule has 4 aliphatic carbocycles. The zero-order valence-electron chi connectivity index (χ0n) is 23.5. The van der Waals surface area contributed by atoms with Crippen molar-refractivity contribution >= 4 is 23.1 Å². The van der Waals surface area contributed by atoms with Gasteiger partial charge in [-0.15, -0.1) is 0 Å². The van der Waals surface area contributed by atoms with Crippen LogP contribution < -0.4 is 0 Å². The Balaban J connectivity index is 2.14. The predicted octanol–water partition coefficient (Wildman–Crippen LogP) is 6.90. The lowest BCUT2D eigenvalue weighted by Gasteiger charge is -2.71. The van der Waals surface area contributed by atoms with Crippen molar-refractivity contribution < 1.29 is 19.2 Å². The van der Waals surface area contributed by atoms with Crippen molar-refractivity contribution in [1.82, 2.24) is 0 Å². The molecule has 5 rings (SSSR count). The van der Waals surface area contributed by atoms with E-state index in [4.69, 9.17) is 0 Å². The molecule has 4 fully saturated rings. The van der Waals surface area contributed by atoms with Crippen molar-refractivity contribution in [2.45, 2.75) is 74.7 Å². The van der Waals surface area contributed by atoms with E-state index < -0.39 is 44.9 Å². The summed E-state index contributed by atoms with van der Waals surface area (Å²) in [5.41, 5.74) is -2.14. The third kappa shape index (κ3) is 3.40. The molecule has 0 saturated heterocycles. The third-order valence-electron chi connectivity index (χ3n) is 9.47. The van der Waals surface area contributed by atoms with Gasteiger partial charge in [-0.1, -0.05) is 79.1 Å². The first-order chi connectivity index (χ1) is 17.2. The molecule has 4 saturated carbocycles. The summed E-state index contributed by atoms with van der Waals surface area (Å²) in [5, 5.41) is 0. The van der Waals surface area contributed by atoms with E-state index in [2.05, 4.69) is 0 Å². The van der Waals surface area contributed by atoms with Gasteiger partial charge in [-0.3, -0.25) is 19.2 Å². The van der Waals surface area contributed by atoms with Crippen LogP contribution in [0, 0.1) is 33.5 Å². The minimum Gasteiger partial charge on any atom is -0.297 e. The minimum atomic E-state index is -1.91. The Morgan fingerprint density at radius 2 is 1.38 bits per heavy atom. The van der Waals surface area contributed by atoms with Crippen LogP contribution in [-0.2, 0) is 14.4 Å². The molecule has 0 N–H and O–H groups in total. The van der Waals surface area contributed by atoms with Gasteiger partial charge in [-0.2, -0.15) is 0 Å². The summed E-state index contributed by atoms with van der Waals surface area (Å²) in [4.78, 5) is 59.1. The molecule has 4 bridgehead atoms. The van der Waals surface area contributed by atoms with Gasteiger partial charge in [0.15, 0.2) is 28.5 Å². The van der Waals surface area contributed by atoms with E-state index in [9.17, 15) is 14.4 Å². The maximum atomic E-state index is 15.0. The monoisotopic (exact) mass is 500 g/mol. The van der Waals surface area contributed by atoms with Crippen LogP contribution in [0.2, 0.25) is 0 Å². The van der Waals surface area contributed by atoms with Crippen molar-refractivity contribution in [2.24, 2.45) is 33.5 Å². The van der Waals surface area contributed by atoms with Gasteiger partial charge in [0.2, 0.25) is 0 Å². The van der Waals surface area contributed by atoms with Crippen LogP contribution in [0.15, 0.2) is 65.3 Å². The molecule has 4 nitrogen and oxygen atoms in total. The summed E-state index contributed by atoms with van der Waals surface area (Å²) in [5.74, 6) is -2.48. The molecule has 5 atom stereocenters. The number of rotatable bonds is 7. The molecular weight excluding hydrogens is 460 g/mol. The number of carbonyl (C=O) groups excluding carboxylic acids is 4. The van der Waals surface area contributed by atoms with E-state index in [-0.39, 0.29) is 24.5 Å². The predicted molar refractivity (Wildman–Crippen MR) is 146 cm³/mol. The van der Waals surface area contributed by atoms with Gasteiger partial charge in [0, 0.05) is 11.5 Å². The Kier molecular flexibility index (Phi) is 6.50. The molecule has 0 aliphatic heterocycles. The Labute approximate surface area is 221 Å². The Morgan fingerprint density at radius 3 is 1.92 bits per heavy atom. The van der Waals surface area contributed by atoms with Gasteiger partial charge >= 0.3 is 0 Å². The average molecular weight is 501 g/mol. The fraction of sp³-hybridized carbons (Fsp3) is 0.515. The highest BCUT2D eigenvalue weighted by Gasteiger charge is 2.86. The fourth-order valence-electron chi connectivity index (χ4n) is 7.56. The molecule has 1 aromatic rings. The van der Waals surface area contributed by atoms with Crippen LogP contribution in [0.1, 0.15) is 85.0 Å². The normalized spacial score (nSPS) is 33.2. The first-order valence-electron chi connectivity index (χ1n) is 13.4. The van der Waals surface area contributed by atoms with Gasteiger partial charge in [0.05, 0.1) is 10.8 Å². The number of hydrogen-bond donors (Lipinski definition) is 0. The fourth-order valence-corrected chi connectivity index (χ4v) is 7.56. The van der Waals surface area contributed by atoms with E-state index in [1.165, 1.54) is 0 Å². The summed E-state index contributed by atoms with van der Waals surface area (Å²) in [7, 11) is 0. The molecule has 4 aliphatic rings. The Bertz CT molecular complexity index is 1260. The highest BCUT2D eigenvalue weighted by Crippen LogP contribution is 2.75. The molecule has 0 spiro atoms. The molecule has 37 heavy (non-hydrogen) atoms. The van der Waals surface area contributed by atoms with Crippen LogP contribution in [-0.4, -0.2) is 23.1 Å². The van der Waals surface area contributed by atoms with Crippen LogP contribution in [0.4, 0.5) is 0 Å². The number of allylic oxidation sites excluding steroid dienone is 6. The summed E-state index contributed by atoms with van der Waals surface area (Å²) in [6.07, 6.45) is 6.66. The first kappa shape index (κ1) is 27.2. The minimum absolute atomic E-state index is 0.181. The van der Waals surface area contributed by atoms with Gasteiger partial charge in [-0.05, 0) is 72.1 Å². The lowest BCUT2D eigenvalue weighted by molar-refractivity contribution is -0.210. The Hall–Kier alpha value is -2.88. The molecule has 0 amide bonds. The molecule has 0 radical (unpaired) electrons. The largest absolute Gasteiger partial charge is 0.297 e. The first-order valence-corrected chi connectivity index (χ1v) is 13.4. The second kappa shape index (κ2) is 8.85. The van der Waals surface area contributed by atoms with E-state index in [1.54, 1.807) is 24.3 Å². The molecule has 1 aromatic carbocycles. The van der Waals surface area contributed by atoms with Crippen LogP contribution in [0.3, 0.4) is 0 Å². The van der Waals surface area contributed by atoms with E-state index >= 15 is 4.79 Å². The smallest absolute Gasteiger partial charge is 0.184 e. The molecular formula is C33H40O4. The molecule has 5 unspecified atom stereocenters. The zero-order chi connectivity index (χ0) is 27.6. The van der Waals surface area contributed by atoms with Gasteiger partial charge in [-0.25, -0.2) is 0 Å². The molecule has 4 heteroatoms. The summed E-state index contributed by atoms with van der Waals surface area (Å²) in [6, 6.07) is 8.68. The van der Waals surface area contributed by atoms with Gasteiger partial charge < -0.3 is 0 Å². The van der Waals surface area contributed by atoms with E-state index in [1.807, 2.05) is 79.7 Å². The maximum Gasteiger partial charge on any atom is 0.184 e. The Morgan fingerprint density at radius 1 is 0.811 bits per heavy atom. The van der Waals surface area contributed by atoms with Crippen molar-refractivity contribution in [2.75, 3.05) is 0 Å². The summed E-state index contributed by atoms with van der Waals surface area (Å²) >= 11 is 0. The van der Waals surface area contributed by atoms with Crippen LogP contribution >= 0.6 is 0 Å². The summed E-state index contributed by atoms with van der Waals surface area (Å²) < 4.78 is 0. The molecule has 0 aromatic heterocycles. The third-order valence-corrected chi connectivity index (χ3v) is 9.47. The number of ketones is 4.